The average molecular weight is 358 g/mol. The molecule has 6 nitrogen and oxygen atoms in total. The average Bonchev–Trinajstić information content (AvgIpc) is 3.11. The maximum absolute atomic E-state index is 12.2. The van der Waals surface area contributed by atoms with Gasteiger partial charge in [0.15, 0.2) is 0 Å². The predicted octanol–water partition coefficient (Wildman–Crippen LogP) is 2.13. The van der Waals surface area contributed by atoms with Crippen LogP contribution in [0.3, 0.4) is 0 Å². The summed E-state index contributed by atoms with van der Waals surface area (Å²) in [5.74, 6) is 0.0783. The van der Waals surface area contributed by atoms with Crippen molar-refractivity contribution < 1.29 is 9.59 Å². The fraction of sp³-hybridized carbons (Fsp3) is 0.600. The summed E-state index contributed by atoms with van der Waals surface area (Å²) in [5.41, 5.74) is 1.34. The third-order valence-electron chi connectivity index (χ3n) is 5.66. The van der Waals surface area contributed by atoms with Crippen molar-refractivity contribution in [2.24, 2.45) is 0 Å². The van der Waals surface area contributed by atoms with Crippen molar-refractivity contribution in [3.63, 3.8) is 0 Å². The molecule has 0 aliphatic carbocycles. The zero-order valence-corrected chi connectivity index (χ0v) is 15.8. The SMILES string of the molecule is CC(=O)N1CC[C@@H](NC(=O)NC2CCN([C@@H](C)c3ccccc3)CC2)C1. The van der Waals surface area contributed by atoms with Crippen molar-refractivity contribution >= 4 is 11.9 Å². The Bertz CT molecular complexity index is 613. The van der Waals surface area contributed by atoms with Crippen LogP contribution in [0.15, 0.2) is 30.3 Å². The number of carbonyl (C=O) groups is 2. The first-order valence-electron chi connectivity index (χ1n) is 9.64. The van der Waals surface area contributed by atoms with Crippen molar-refractivity contribution in [3.05, 3.63) is 35.9 Å². The molecule has 0 radical (unpaired) electrons. The Morgan fingerprint density at radius 1 is 1.00 bits per heavy atom. The summed E-state index contributed by atoms with van der Waals surface area (Å²) in [4.78, 5) is 27.9. The first-order chi connectivity index (χ1) is 12.5. The van der Waals surface area contributed by atoms with E-state index in [0.717, 1.165) is 38.9 Å². The molecule has 0 saturated carbocycles. The maximum atomic E-state index is 12.2. The molecule has 2 atom stereocenters. The molecule has 0 bridgehead atoms. The molecule has 0 unspecified atom stereocenters. The second-order valence-corrected chi connectivity index (χ2v) is 7.47. The van der Waals surface area contributed by atoms with E-state index in [4.69, 9.17) is 0 Å². The van der Waals surface area contributed by atoms with Gasteiger partial charge in [0, 0.05) is 51.2 Å². The van der Waals surface area contributed by atoms with E-state index in [1.807, 2.05) is 6.07 Å². The lowest BCUT2D eigenvalue weighted by molar-refractivity contribution is -0.127. The number of urea groups is 1. The molecule has 2 saturated heterocycles. The third-order valence-corrected chi connectivity index (χ3v) is 5.66. The normalized spacial score (nSPS) is 22.8. The van der Waals surface area contributed by atoms with E-state index in [1.54, 1.807) is 11.8 Å². The Morgan fingerprint density at radius 3 is 2.23 bits per heavy atom. The highest BCUT2D eigenvalue weighted by atomic mass is 16.2. The fourth-order valence-electron chi connectivity index (χ4n) is 3.95. The molecule has 6 heteroatoms. The molecule has 1 aromatic carbocycles. The van der Waals surface area contributed by atoms with Crippen LogP contribution in [0.5, 0.6) is 0 Å². The van der Waals surface area contributed by atoms with Crippen LogP contribution >= 0.6 is 0 Å². The van der Waals surface area contributed by atoms with Crippen LogP contribution in [0.25, 0.3) is 0 Å². The van der Waals surface area contributed by atoms with E-state index in [0.29, 0.717) is 12.6 Å². The van der Waals surface area contributed by atoms with Crippen molar-refractivity contribution in [1.29, 1.82) is 0 Å². The summed E-state index contributed by atoms with van der Waals surface area (Å²) in [5, 5.41) is 6.12. The quantitative estimate of drug-likeness (QED) is 0.867. The Labute approximate surface area is 155 Å². The number of likely N-dealkylation sites (tertiary alicyclic amines) is 2. The van der Waals surface area contributed by atoms with Gasteiger partial charge in [-0.05, 0) is 31.7 Å². The molecule has 2 aliphatic rings. The van der Waals surface area contributed by atoms with Gasteiger partial charge in [0.25, 0.3) is 0 Å². The molecule has 2 fully saturated rings. The van der Waals surface area contributed by atoms with Gasteiger partial charge >= 0.3 is 6.03 Å². The summed E-state index contributed by atoms with van der Waals surface area (Å²) < 4.78 is 0. The van der Waals surface area contributed by atoms with Crippen LogP contribution in [-0.4, -0.2) is 60.0 Å². The second kappa shape index (κ2) is 8.54. The van der Waals surface area contributed by atoms with Crippen molar-refractivity contribution in [2.45, 2.75) is 51.2 Å². The number of nitrogens with one attached hydrogen (secondary N) is 2. The van der Waals surface area contributed by atoms with Crippen molar-refractivity contribution in [3.8, 4) is 0 Å². The van der Waals surface area contributed by atoms with E-state index < -0.39 is 0 Å². The summed E-state index contributed by atoms with van der Waals surface area (Å²) in [6, 6.07) is 11.2. The first-order valence-corrected chi connectivity index (χ1v) is 9.64. The number of carbonyl (C=O) groups excluding carboxylic acids is 2. The lowest BCUT2D eigenvalue weighted by Gasteiger charge is -2.36. The number of piperidine rings is 1. The molecule has 0 spiro atoms. The Balaban J connectivity index is 1.40. The maximum Gasteiger partial charge on any atom is 0.315 e. The summed E-state index contributed by atoms with van der Waals surface area (Å²) >= 11 is 0. The molecule has 2 aliphatic heterocycles. The lowest BCUT2D eigenvalue weighted by atomic mass is 10.0. The van der Waals surface area contributed by atoms with Crippen LogP contribution in [0.2, 0.25) is 0 Å². The molecule has 142 valence electrons. The van der Waals surface area contributed by atoms with Gasteiger partial charge in [0.1, 0.15) is 0 Å². The molecule has 2 heterocycles. The highest BCUT2D eigenvalue weighted by molar-refractivity contribution is 5.76. The van der Waals surface area contributed by atoms with Gasteiger partial charge in [-0.25, -0.2) is 4.79 Å². The molecule has 3 amide bonds. The van der Waals surface area contributed by atoms with E-state index in [2.05, 4.69) is 46.7 Å². The highest BCUT2D eigenvalue weighted by Crippen LogP contribution is 2.24. The molecular weight excluding hydrogens is 328 g/mol. The molecule has 3 rings (SSSR count). The minimum absolute atomic E-state index is 0.0668. The second-order valence-electron chi connectivity index (χ2n) is 7.47. The first kappa shape index (κ1) is 18.7. The summed E-state index contributed by atoms with van der Waals surface area (Å²) in [6.45, 7) is 7.15. The lowest BCUT2D eigenvalue weighted by Crippen LogP contribution is -2.50. The van der Waals surface area contributed by atoms with Crippen LogP contribution in [0.1, 0.15) is 44.7 Å². The van der Waals surface area contributed by atoms with Crippen LogP contribution in [0.4, 0.5) is 4.79 Å². The van der Waals surface area contributed by atoms with E-state index in [9.17, 15) is 9.59 Å². The van der Waals surface area contributed by atoms with Crippen LogP contribution < -0.4 is 10.6 Å². The topological polar surface area (TPSA) is 64.7 Å². The number of nitrogens with zero attached hydrogens (tertiary/aromatic N) is 2. The van der Waals surface area contributed by atoms with Gasteiger partial charge in [-0.1, -0.05) is 30.3 Å². The molecule has 2 N–H and O–H groups in total. The van der Waals surface area contributed by atoms with Gasteiger partial charge in [-0.15, -0.1) is 0 Å². The minimum atomic E-state index is -0.102. The van der Waals surface area contributed by atoms with Gasteiger partial charge in [-0.2, -0.15) is 0 Å². The Kier molecular flexibility index (Phi) is 6.14. The van der Waals surface area contributed by atoms with E-state index >= 15 is 0 Å². The zero-order valence-electron chi connectivity index (χ0n) is 15.8. The van der Waals surface area contributed by atoms with Gasteiger partial charge in [0.05, 0.1) is 0 Å². The van der Waals surface area contributed by atoms with Gasteiger partial charge in [0.2, 0.25) is 5.91 Å². The van der Waals surface area contributed by atoms with Crippen LogP contribution in [0, 0.1) is 0 Å². The van der Waals surface area contributed by atoms with Gasteiger partial charge in [-0.3, -0.25) is 9.69 Å². The fourth-order valence-corrected chi connectivity index (χ4v) is 3.95. The monoisotopic (exact) mass is 358 g/mol. The number of rotatable bonds is 4. The highest BCUT2D eigenvalue weighted by Gasteiger charge is 2.27. The molecular formula is C20H30N4O2. The number of hydrogen-bond acceptors (Lipinski definition) is 3. The minimum Gasteiger partial charge on any atom is -0.341 e. The standard InChI is InChI=1S/C20H30N4O2/c1-15(17-6-4-3-5-7-17)23-11-8-18(9-12-23)21-20(26)22-19-10-13-24(14-19)16(2)25/h3-7,15,18-19H,8-14H2,1-2H3,(H2,21,22,26)/t15-,19+/m0/s1. The number of amides is 3. The Hall–Kier alpha value is -2.08. The summed E-state index contributed by atoms with van der Waals surface area (Å²) in [7, 11) is 0. The summed E-state index contributed by atoms with van der Waals surface area (Å²) in [6.07, 6.45) is 2.77. The number of hydrogen-bond donors (Lipinski definition) is 2. The third kappa shape index (κ3) is 4.75. The van der Waals surface area contributed by atoms with E-state index in [1.165, 1.54) is 5.56 Å². The van der Waals surface area contributed by atoms with Crippen LogP contribution in [-0.2, 0) is 4.79 Å². The number of benzene rings is 1. The molecule has 26 heavy (non-hydrogen) atoms. The zero-order chi connectivity index (χ0) is 18.5. The Morgan fingerprint density at radius 2 is 1.62 bits per heavy atom. The smallest absolute Gasteiger partial charge is 0.315 e. The molecule has 0 aromatic heterocycles. The van der Waals surface area contributed by atoms with Crippen molar-refractivity contribution in [2.75, 3.05) is 26.2 Å². The van der Waals surface area contributed by atoms with E-state index in [-0.39, 0.29) is 24.0 Å². The molecule has 1 aromatic rings. The van der Waals surface area contributed by atoms with Crippen molar-refractivity contribution in [1.82, 2.24) is 20.4 Å². The largest absolute Gasteiger partial charge is 0.341 e. The van der Waals surface area contributed by atoms with Gasteiger partial charge < -0.3 is 15.5 Å². The predicted molar refractivity (Wildman–Crippen MR) is 102 cm³/mol.